The van der Waals surface area contributed by atoms with Gasteiger partial charge in [0.15, 0.2) is 0 Å². The van der Waals surface area contributed by atoms with Gasteiger partial charge in [0.25, 0.3) is 5.56 Å². The van der Waals surface area contributed by atoms with Gasteiger partial charge in [0.1, 0.15) is 11.4 Å². The molecule has 19 heavy (non-hydrogen) atoms. The Kier molecular flexibility index (Phi) is 3.64. The van der Waals surface area contributed by atoms with E-state index in [2.05, 4.69) is 6.92 Å². The van der Waals surface area contributed by atoms with Gasteiger partial charge in [-0.1, -0.05) is 13.8 Å². The van der Waals surface area contributed by atoms with Crippen LogP contribution in [-0.4, -0.2) is 20.7 Å². The van der Waals surface area contributed by atoms with Crippen molar-refractivity contribution in [3.8, 4) is 5.75 Å². The number of aromatic carboxylic acids is 1. The first-order chi connectivity index (χ1) is 8.90. The molecule has 1 fully saturated rings. The molecule has 0 aliphatic heterocycles. The van der Waals surface area contributed by atoms with Crippen LogP contribution in [0, 0.1) is 11.8 Å². The Labute approximate surface area is 111 Å². The SMILES string of the molecule is CC1CCC(n2c(C(=O)O)cc(O)cc2=O)C(C)C1. The number of carboxylic acid groups (broad SMARTS) is 1. The van der Waals surface area contributed by atoms with Crippen LogP contribution in [0.25, 0.3) is 0 Å². The van der Waals surface area contributed by atoms with Gasteiger partial charge in [0.2, 0.25) is 0 Å². The molecule has 0 aromatic carbocycles. The molecule has 2 rings (SSSR count). The first-order valence-corrected chi connectivity index (χ1v) is 6.59. The van der Waals surface area contributed by atoms with Gasteiger partial charge in [0.05, 0.1) is 0 Å². The fourth-order valence-corrected chi connectivity index (χ4v) is 3.11. The van der Waals surface area contributed by atoms with Crippen molar-refractivity contribution in [2.45, 2.75) is 39.2 Å². The maximum atomic E-state index is 12.0. The van der Waals surface area contributed by atoms with Gasteiger partial charge in [-0.2, -0.15) is 0 Å². The zero-order chi connectivity index (χ0) is 14.2. The monoisotopic (exact) mass is 265 g/mol. The smallest absolute Gasteiger partial charge is 0.352 e. The molecule has 0 bridgehead atoms. The highest BCUT2D eigenvalue weighted by atomic mass is 16.4. The summed E-state index contributed by atoms with van der Waals surface area (Å²) in [6, 6.07) is 2.13. The normalized spacial score (nSPS) is 27.2. The number of carbonyl (C=O) groups is 1. The molecular formula is C14H19NO4. The van der Waals surface area contributed by atoms with Gasteiger partial charge in [0, 0.05) is 18.2 Å². The van der Waals surface area contributed by atoms with Crippen LogP contribution in [0.2, 0.25) is 0 Å². The minimum Gasteiger partial charge on any atom is -0.508 e. The highest BCUT2D eigenvalue weighted by Gasteiger charge is 2.30. The Hall–Kier alpha value is -1.78. The Morgan fingerprint density at radius 3 is 2.58 bits per heavy atom. The number of nitrogens with zero attached hydrogens (tertiary/aromatic N) is 1. The summed E-state index contributed by atoms with van der Waals surface area (Å²) in [6.45, 7) is 4.22. The highest BCUT2D eigenvalue weighted by molar-refractivity contribution is 5.86. The predicted molar refractivity (Wildman–Crippen MR) is 70.5 cm³/mol. The second-order valence-electron chi connectivity index (χ2n) is 5.58. The van der Waals surface area contributed by atoms with Crippen molar-refractivity contribution in [1.29, 1.82) is 0 Å². The molecule has 1 aromatic heterocycles. The number of aromatic hydroxyl groups is 1. The third kappa shape index (κ3) is 2.64. The van der Waals surface area contributed by atoms with E-state index in [0.717, 1.165) is 31.4 Å². The Morgan fingerprint density at radius 1 is 1.32 bits per heavy atom. The van der Waals surface area contributed by atoms with E-state index < -0.39 is 11.5 Å². The molecule has 0 radical (unpaired) electrons. The lowest BCUT2D eigenvalue weighted by Gasteiger charge is -2.34. The van der Waals surface area contributed by atoms with Crippen molar-refractivity contribution < 1.29 is 15.0 Å². The summed E-state index contributed by atoms with van der Waals surface area (Å²) in [5, 5.41) is 18.6. The molecule has 1 aromatic rings. The average Bonchev–Trinajstić information content (AvgIpc) is 2.29. The van der Waals surface area contributed by atoms with E-state index in [-0.39, 0.29) is 23.4 Å². The van der Waals surface area contributed by atoms with Crippen LogP contribution in [0.1, 0.15) is 49.6 Å². The van der Waals surface area contributed by atoms with E-state index in [1.165, 1.54) is 4.57 Å². The standard InChI is InChI=1S/C14H19NO4/c1-8-3-4-11(9(2)5-8)15-12(14(18)19)6-10(16)7-13(15)17/h6-9,11,16H,3-5H2,1-2H3,(H,18,19). The van der Waals surface area contributed by atoms with Crippen molar-refractivity contribution in [1.82, 2.24) is 4.57 Å². The maximum absolute atomic E-state index is 12.0. The fraction of sp³-hybridized carbons (Fsp3) is 0.571. The molecule has 0 amide bonds. The number of hydrogen-bond donors (Lipinski definition) is 2. The van der Waals surface area contributed by atoms with E-state index in [1.807, 2.05) is 6.92 Å². The molecule has 1 saturated carbocycles. The van der Waals surface area contributed by atoms with E-state index in [0.29, 0.717) is 5.92 Å². The molecule has 0 saturated heterocycles. The molecule has 1 aliphatic rings. The van der Waals surface area contributed by atoms with Gasteiger partial charge in [-0.25, -0.2) is 4.79 Å². The van der Waals surface area contributed by atoms with Crippen LogP contribution in [0.5, 0.6) is 5.75 Å². The summed E-state index contributed by atoms with van der Waals surface area (Å²) >= 11 is 0. The number of hydrogen-bond acceptors (Lipinski definition) is 3. The van der Waals surface area contributed by atoms with Crippen molar-refractivity contribution in [2.75, 3.05) is 0 Å². The quantitative estimate of drug-likeness (QED) is 0.859. The first kappa shape index (κ1) is 13.6. The van der Waals surface area contributed by atoms with Crippen molar-refractivity contribution in [3.63, 3.8) is 0 Å². The third-order valence-electron chi connectivity index (χ3n) is 3.99. The molecule has 2 N–H and O–H groups in total. The number of carboxylic acids is 1. The highest BCUT2D eigenvalue weighted by Crippen LogP contribution is 2.36. The van der Waals surface area contributed by atoms with E-state index in [1.54, 1.807) is 0 Å². The maximum Gasteiger partial charge on any atom is 0.352 e. The first-order valence-electron chi connectivity index (χ1n) is 6.59. The van der Waals surface area contributed by atoms with Crippen LogP contribution in [0.4, 0.5) is 0 Å². The van der Waals surface area contributed by atoms with Crippen LogP contribution in [0.3, 0.4) is 0 Å². The second-order valence-corrected chi connectivity index (χ2v) is 5.58. The molecule has 1 heterocycles. The Morgan fingerprint density at radius 2 is 2.00 bits per heavy atom. The minimum absolute atomic E-state index is 0.101. The van der Waals surface area contributed by atoms with Crippen molar-refractivity contribution in [2.24, 2.45) is 11.8 Å². The van der Waals surface area contributed by atoms with Gasteiger partial charge >= 0.3 is 5.97 Å². The summed E-state index contributed by atoms with van der Waals surface area (Å²) in [5.74, 6) is -0.620. The number of pyridine rings is 1. The molecule has 3 unspecified atom stereocenters. The van der Waals surface area contributed by atoms with E-state index in [4.69, 9.17) is 0 Å². The van der Waals surface area contributed by atoms with Crippen molar-refractivity contribution in [3.05, 3.63) is 28.2 Å². The van der Waals surface area contributed by atoms with E-state index >= 15 is 0 Å². The summed E-state index contributed by atoms with van der Waals surface area (Å²) in [7, 11) is 0. The minimum atomic E-state index is -1.18. The Bertz CT molecular complexity index is 549. The van der Waals surface area contributed by atoms with Crippen LogP contribution < -0.4 is 5.56 Å². The zero-order valence-corrected chi connectivity index (χ0v) is 11.2. The topological polar surface area (TPSA) is 79.5 Å². The van der Waals surface area contributed by atoms with Gasteiger partial charge < -0.3 is 10.2 Å². The summed E-state index contributed by atoms with van der Waals surface area (Å²) in [5.41, 5.74) is -0.569. The van der Waals surface area contributed by atoms with E-state index in [9.17, 15) is 19.8 Å². The fourth-order valence-electron chi connectivity index (χ4n) is 3.11. The second kappa shape index (κ2) is 5.07. The molecule has 3 atom stereocenters. The van der Waals surface area contributed by atoms with Crippen LogP contribution >= 0.6 is 0 Å². The summed E-state index contributed by atoms with van der Waals surface area (Å²) < 4.78 is 1.33. The summed E-state index contributed by atoms with van der Waals surface area (Å²) in [6.07, 6.45) is 2.77. The predicted octanol–water partition coefficient (Wildman–Crippen LogP) is 2.25. The molecule has 104 valence electrons. The molecule has 5 nitrogen and oxygen atoms in total. The van der Waals surface area contributed by atoms with Crippen LogP contribution in [-0.2, 0) is 0 Å². The lowest BCUT2D eigenvalue weighted by atomic mass is 9.79. The third-order valence-corrected chi connectivity index (χ3v) is 3.99. The lowest BCUT2D eigenvalue weighted by molar-refractivity contribution is 0.0672. The molecule has 1 aliphatic carbocycles. The molecule has 0 spiro atoms. The average molecular weight is 265 g/mol. The van der Waals surface area contributed by atoms with Crippen molar-refractivity contribution >= 4 is 5.97 Å². The zero-order valence-electron chi connectivity index (χ0n) is 11.2. The van der Waals surface area contributed by atoms with Gasteiger partial charge in [-0.05, 0) is 31.1 Å². The van der Waals surface area contributed by atoms with Gasteiger partial charge in [-0.15, -0.1) is 0 Å². The van der Waals surface area contributed by atoms with Crippen LogP contribution in [0.15, 0.2) is 16.9 Å². The Balaban J connectivity index is 2.49. The summed E-state index contributed by atoms with van der Waals surface area (Å²) in [4.78, 5) is 23.3. The number of rotatable bonds is 2. The van der Waals surface area contributed by atoms with Gasteiger partial charge in [-0.3, -0.25) is 9.36 Å². The lowest BCUT2D eigenvalue weighted by Crippen LogP contribution is -2.35. The number of aromatic nitrogens is 1. The molecular weight excluding hydrogens is 246 g/mol. The largest absolute Gasteiger partial charge is 0.508 e. The molecule has 5 heteroatoms.